The first-order valence-electron chi connectivity index (χ1n) is 12.8. The van der Waals surface area contributed by atoms with Gasteiger partial charge in [-0.25, -0.2) is 9.18 Å². The number of hydrogen-bond donors (Lipinski definition) is 3. The third kappa shape index (κ3) is 4.52. The van der Waals surface area contributed by atoms with Crippen LogP contribution in [0.2, 0.25) is 0 Å². The van der Waals surface area contributed by atoms with Gasteiger partial charge in [-0.1, -0.05) is 12.1 Å². The molecule has 2 heterocycles. The number of anilines is 1. The molecule has 7 rings (SSSR count). The van der Waals surface area contributed by atoms with E-state index in [0.717, 1.165) is 32.1 Å². The van der Waals surface area contributed by atoms with Crippen LogP contribution < -0.4 is 20.3 Å². The number of ether oxygens (including phenoxy) is 1. The first-order valence-corrected chi connectivity index (χ1v) is 12.8. The van der Waals surface area contributed by atoms with Crippen molar-refractivity contribution in [3.05, 3.63) is 53.8 Å². The molecule has 1 aliphatic heterocycles. The van der Waals surface area contributed by atoms with E-state index in [-0.39, 0.29) is 17.9 Å². The van der Waals surface area contributed by atoms with Crippen molar-refractivity contribution in [2.24, 2.45) is 11.8 Å². The van der Waals surface area contributed by atoms with Gasteiger partial charge in [0.05, 0.1) is 6.10 Å². The highest BCUT2D eigenvalue weighted by molar-refractivity contribution is 5.94. The number of aliphatic hydroxyl groups excluding tert-OH is 1. The minimum atomic E-state index is -0.547. The zero-order chi connectivity index (χ0) is 24.9. The van der Waals surface area contributed by atoms with Crippen LogP contribution in [0.3, 0.4) is 0 Å². The van der Waals surface area contributed by atoms with E-state index in [9.17, 15) is 19.1 Å². The normalized spacial score (nSPS) is 32.4. The summed E-state index contributed by atoms with van der Waals surface area (Å²) in [7, 11) is 0. The molecule has 36 heavy (non-hydrogen) atoms. The molecule has 4 saturated carbocycles. The Kier molecular flexibility index (Phi) is 5.63. The number of rotatable bonds is 5. The fraction of sp³-hybridized carbons (Fsp3) is 0.519. The molecule has 4 aliphatic carbocycles. The molecule has 2 aromatic rings. The van der Waals surface area contributed by atoms with Crippen LogP contribution in [0.5, 0.6) is 5.88 Å². The molecule has 190 valence electrons. The molecule has 3 unspecified atom stereocenters. The van der Waals surface area contributed by atoms with E-state index in [1.54, 1.807) is 18.2 Å². The molecule has 5 aliphatic rings. The maximum atomic E-state index is 13.7. The number of amides is 2. The van der Waals surface area contributed by atoms with E-state index >= 15 is 0 Å². The van der Waals surface area contributed by atoms with Crippen LogP contribution in [0.25, 0.3) is 0 Å². The summed E-state index contributed by atoms with van der Waals surface area (Å²) >= 11 is 0. The molecule has 5 fully saturated rings. The third-order valence-corrected chi connectivity index (χ3v) is 8.29. The van der Waals surface area contributed by atoms with Gasteiger partial charge in [-0.2, -0.15) is 4.98 Å². The van der Waals surface area contributed by atoms with Gasteiger partial charge in [-0.3, -0.25) is 4.79 Å². The lowest BCUT2D eigenvalue weighted by Crippen LogP contribution is -2.70. The van der Waals surface area contributed by atoms with Gasteiger partial charge in [-0.05, 0) is 81.0 Å². The summed E-state index contributed by atoms with van der Waals surface area (Å²) in [5.41, 5.74) is -0.564. The molecule has 0 spiro atoms. The molecule has 4 bridgehead atoms. The average molecular weight is 495 g/mol. The van der Waals surface area contributed by atoms with Gasteiger partial charge in [-0.15, -0.1) is 0 Å². The Labute approximate surface area is 209 Å². The zero-order valence-corrected chi connectivity index (χ0v) is 20.1. The Morgan fingerprint density at radius 2 is 1.78 bits per heavy atom. The van der Waals surface area contributed by atoms with Crippen LogP contribution in [-0.2, 0) is 0 Å². The maximum absolute atomic E-state index is 13.7. The van der Waals surface area contributed by atoms with Gasteiger partial charge in [0, 0.05) is 35.8 Å². The second kappa shape index (κ2) is 8.73. The number of hydrogen-bond acceptors (Lipinski definition) is 6. The van der Waals surface area contributed by atoms with Crippen LogP contribution in [0.15, 0.2) is 42.5 Å². The number of nitrogens with zero attached hydrogens (tertiary/aromatic N) is 2. The van der Waals surface area contributed by atoms with Crippen LogP contribution in [0.1, 0.15) is 55.3 Å². The lowest BCUT2D eigenvalue weighted by atomic mass is 9.50. The van der Waals surface area contributed by atoms with Crippen molar-refractivity contribution in [2.45, 2.75) is 62.1 Å². The number of β-amino-alcohol motifs (C(OH)–C–C–N with tert-alkyl or cyclic N) is 1. The van der Waals surface area contributed by atoms with Crippen molar-refractivity contribution in [2.75, 3.05) is 18.0 Å². The second-order valence-corrected chi connectivity index (χ2v) is 11.2. The van der Waals surface area contributed by atoms with Crippen molar-refractivity contribution < 1.29 is 23.8 Å². The molecule has 1 saturated heterocycles. The summed E-state index contributed by atoms with van der Waals surface area (Å²) in [6, 6.07) is 11.0. The predicted molar refractivity (Wildman–Crippen MR) is 130 cm³/mol. The van der Waals surface area contributed by atoms with E-state index in [1.165, 1.54) is 18.2 Å². The van der Waals surface area contributed by atoms with Crippen molar-refractivity contribution in [3.63, 3.8) is 0 Å². The van der Waals surface area contributed by atoms with Gasteiger partial charge in [0.25, 0.3) is 5.91 Å². The molecule has 3 N–H and O–H groups in total. The molecule has 8 nitrogen and oxygen atoms in total. The summed E-state index contributed by atoms with van der Waals surface area (Å²) < 4.78 is 19.3. The Balaban J connectivity index is 1.15. The molecule has 0 radical (unpaired) electrons. The Morgan fingerprint density at radius 1 is 1.06 bits per heavy atom. The topological polar surface area (TPSA) is 104 Å². The number of nitrogens with one attached hydrogen (secondary N) is 2. The van der Waals surface area contributed by atoms with Crippen LogP contribution in [0, 0.1) is 17.7 Å². The Bertz CT molecular complexity index is 1180. The number of carbonyl (C=O) groups is 2. The Hall–Kier alpha value is -3.20. The van der Waals surface area contributed by atoms with E-state index < -0.39 is 23.0 Å². The third-order valence-electron chi connectivity index (χ3n) is 8.29. The van der Waals surface area contributed by atoms with Crippen molar-refractivity contribution in [1.29, 1.82) is 0 Å². The van der Waals surface area contributed by atoms with Crippen molar-refractivity contribution in [1.82, 2.24) is 15.6 Å². The molecule has 1 aromatic carbocycles. The number of halogens is 1. The lowest BCUT2D eigenvalue weighted by molar-refractivity contribution is -0.0449. The van der Waals surface area contributed by atoms with Crippen LogP contribution in [-0.4, -0.2) is 52.4 Å². The summed E-state index contributed by atoms with van der Waals surface area (Å²) in [4.78, 5) is 32.4. The lowest BCUT2D eigenvalue weighted by Gasteiger charge is -2.62. The maximum Gasteiger partial charge on any atom is 0.414 e. The van der Waals surface area contributed by atoms with Crippen molar-refractivity contribution >= 4 is 17.8 Å². The fourth-order valence-corrected chi connectivity index (χ4v) is 7.42. The van der Waals surface area contributed by atoms with E-state index in [4.69, 9.17) is 4.74 Å². The monoisotopic (exact) mass is 494 g/mol. The largest absolute Gasteiger partial charge is 0.414 e. The van der Waals surface area contributed by atoms with Crippen LogP contribution in [0.4, 0.5) is 15.0 Å². The zero-order valence-electron chi connectivity index (χ0n) is 20.1. The number of pyridine rings is 1. The standard InChI is InChI=1S/C27H31FN4O4/c28-20-4-1-3-19(10-20)24(34)30-26-11-17-9-18(12-26)14-27(13-17,16-26)31-25(35)36-23-6-2-5-22(29-23)32-8-7-21(33)15-32/h1-6,10,17-18,21,33H,7-9,11-16H2,(H,30,34)(H,31,35). The van der Waals surface area contributed by atoms with Gasteiger partial charge >= 0.3 is 6.09 Å². The first-order chi connectivity index (χ1) is 17.3. The van der Waals surface area contributed by atoms with Gasteiger partial charge in [0.1, 0.15) is 11.6 Å². The van der Waals surface area contributed by atoms with E-state index in [2.05, 4.69) is 15.6 Å². The quantitative estimate of drug-likeness (QED) is 0.589. The molecule has 3 atom stereocenters. The molecular formula is C27H31FN4O4. The van der Waals surface area contributed by atoms with Crippen LogP contribution >= 0.6 is 0 Å². The number of aliphatic hydroxyl groups is 1. The highest BCUT2D eigenvalue weighted by atomic mass is 19.1. The van der Waals surface area contributed by atoms with Crippen molar-refractivity contribution in [3.8, 4) is 5.88 Å². The molecule has 2 amide bonds. The van der Waals surface area contributed by atoms with Gasteiger partial charge in [0.15, 0.2) is 0 Å². The molecular weight excluding hydrogens is 463 g/mol. The number of benzene rings is 1. The fourth-order valence-electron chi connectivity index (χ4n) is 7.42. The summed E-state index contributed by atoms with van der Waals surface area (Å²) in [6.45, 7) is 1.22. The number of aromatic nitrogens is 1. The predicted octanol–water partition coefficient (Wildman–Crippen LogP) is 3.40. The SMILES string of the molecule is O=C(NC12CC3CC(C1)CC(NC(=O)c1cccc(F)c1)(C3)C2)Oc1cccc(N2CCC(O)C2)n1. The summed E-state index contributed by atoms with van der Waals surface area (Å²) in [6.07, 6.45) is 4.95. The van der Waals surface area contributed by atoms with E-state index in [0.29, 0.717) is 49.1 Å². The Morgan fingerprint density at radius 3 is 2.47 bits per heavy atom. The van der Waals surface area contributed by atoms with Gasteiger partial charge in [0.2, 0.25) is 5.88 Å². The minimum absolute atomic E-state index is 0.213. The molecule has 1 aromatic heterocycles. The summed E-state index contributed by atoms with van der Waals surface area (Å²) in [5, 5.41) is 16.2. The van der Waals surface area contributed by atoms with Gasteiger partial charge < -0.3 is 25.4 Å². The highest BCUT2D eigenvalue weighted by Gasteiger charge is 2.59. The first kappa shape index (κ1) is 23.2. The van der Waals surface area contributed by atoms with E-state index in [1.807, 2.05) is 11.0 Å². The summed E-state index contributed by atoms with van der Waals surface area (Å²) in [5.74, 6) is 0.982. The number of carbonyl (C=O) groups excluding carboxylic acids is 2. The highest BCUT2D eigenvalue weighted by Crippen LogP contribution is 2.57. The second-order valence-electron chi connectivity index (χ2n) is 11.2. The smallest absolute Gasteiger partial charge is 0.391 e. The molecule has 9 heteroatoms. The minimum Gasteiger partial charge on any atom is -0.391 e. The average Bonchev–Trinajstić information content (AvgIpc) is 3.24.